The van der Waals surface area contributed by atoms with E-state index in [2.05, 4.69) is 0 Å². The molecule has 0 bridgehead atoms. The van der Waals surface area contributed by atoms with E-state index in [0.29, 0.717) is 32.6 Å². The van der Waals surface area contributed by atoms with Crippen molar-refractivity contribution in [1.29, 1.82) is 0 Å². The monoisotopic (exact) mass is 391 g/mol. The van der Waals surface area contributed by atoms with Crippen molar-refractivity contribution in [2.75, 3.05) is 33.3 Å². The van der Waals surface area contributed by atoms with Crippen LogP contribution in [-0.2, 0) is 18.3 Å². The van der Waals surface area contributed by atoms with Crippen LogP contribution in [0.5, 0.6) is 5.75 Å². The van der Waals surface area contributed by atoms with E-state index in [-0.39, 0.29) is 11.8 Å². The quantitative estimate of drug-likeness (QED) is 0.687. The molecule has 0 aliphatic carbocycles. The Labute approximate surface area is 170 Å². The minimum Gasteiger partial charge on any atom is -0.497 e. The Hall–Kier alpha value is -3.28. The number of para-hydroxylation sites is 1. The smallest absolute Gasteiger partial charge is 0.256 e. The van der Waals surface area contributed by atoms with Gasteiger partial charge in [-0.15, -0.1) is 0 Å². The zero-order valence-corrected chi connectivity index (χ0v) is 16.8. The number of carbonyl (C=O) groups excluding carboxylic acids is 2. The average Bonchev–Trinajstić information content (AvgIpc) is 3.10. The summed E-state index contributed by atoms with van der Waals surface area (Å²) in [4.78, 5) is 29.4. The Balaban J connectivity index is 1.38. The van der Waals surface area contributed by atoms with Crippen molar-refractivity contribution >= 4 is 22.7 Å². The highest BCUT2D eigenvalue weighted by Gasteiger charge is 2.26. The Morgan fingerprint density at radius 3 is 2.28 bits per heavy atom. The van der Waals surface area contributed by atoms with E-state index in [0.717, 1.165) is 27.8 Å². The van der Waals surface area contributed by atoms with E-state index >= 15 is 0 Å². The lowest BCUT2D eigenvalue weighted by Gasteiger charge is -2.34. The lowest BCUT2D eigenvalue weighted by Crippen LogP contribution is -2.51. The summed E-state index contributed by atoms with van der Waals surface area (Å²) in [5, 5.41) is 0.970. The van der Waals surface area contributed by atoms with Crippen molar-refractivity contribution in [3.05, 3.63) is 65.9 Å². The van der Waals surface area contributed by atoms with Gasteiger partial charge in [0.2, 0.25) is 5.91 Å². The Morgan fingerprint density at radius 1 is 0.931 bits per heavy atom. The number of aryl methyl sites for hydroxylation is 1. The fraction of sp³-hybridized carbons (Fsp3) is 0.304. The summed E-state index contributed by atoms with van der Waals surface area (Å²) >= 11 is 0. The first kappa shape index (κ1) is 19.1. The lowest BCUT2D eigenvalue weighted by atomic mass is 10.1. The number of amides is 2. The number of nitrogens with zero attached hydrogens (tertiary/aromatic N) is 3. The number of fused-ring (bicyclic) bond motifs is 1. The number of hydrogen-bond acceptors (Lipinski definition) is 3. The molecule has 29 heavy (non-hydrogen) atoms. The molecular weight excluding hydrogens is 366 g/mol. The molecule has 3 aromatic rings. The van der Waals surface area contributed by atoms with Crippen LogP contribution < -0.4 is 4.74 Å². The molecule has 6 nitrogen and oxygen atoms in total. The van der Waals surface area contributed by atoms with E-state index in [1.165, 1.54) is 0 Å². The van der Waals surface area contributed by atoms with Crippen molar-refractivity contribution in [1.82, 2.24) is 14.4 Å². The normalized spacial score (nSPS) is 14.3. The van der Waals surface area contributed by atoms with E-state index in [1.54, 1.807) is 7.11 Å². The first-order valence-corrected chi connectivity index (χ1v) is 9.81. The van der Waals surface area contributed by atoms with Crippen LogP contribution in [0, 0.1) is 0 Å². The van der Waals surface area contributed by atoms with Gasteiger partial charge in [-0.3, -0.25) is 9.59 Å². The lowest BCUT2D eigenvalue weighted by molar-refractivity contribution is -0.131. The average molecular weight is 391 g/mol. The summed E-state index contributed by atoms with van der Waals surface area (Å²) in [5.74, 6) is 0.901. The third-order valence-corrected chi connectivity index (χ3v) is 5.56. The van der Waals surface area contributed by atoms with Crippen molar-refractivity contribution in [2.45, 2.75) is 6.42 Å². The molecule has 1 aliphatic heterocycles. The minimum absolute atomic E-state index is 0.0315. The number of hydrogen-bond donors (Lipinski definition) is 0. The minimum atomic E-state index is 0.0315. The Morgan fingerprint density at radius 2 is 1.59 bits per heavy atom. The highest BCUT2D eigenvalue weighted by atomic mass is 16.5. The Bertz CT molecular complexity index is 1030. The molecule has 0 spiro atoms. The summed E-state index contributed by atoms with van der Waals surface area (Å²) in [7, 11) is 3.58. The summed E-state index contributed by atoms with van der Waals surface area (Å²) in [6.45, 7) is 2.23. The predicted molar refractivity (Wildman–Crippen MR) is 112 cm³/mol. The Kier molecular flexibility index (Phi) is 5.25. The van der Waals surface area contributed by atoms with Gasteiger partial charge in [-0.1, -0.05) is 30.3 Å². The van der Waals surface area contributed by atoms with Gasteiger partial charge in [0.1, 0.15) is 5.75 Å². The van der Waals surface area contributed by atoms with Crippen molar-refractivity contribution in [3.63, 3.8) is 0 Å². The molecule has 1 aliphatic rings. The van der Waals surface area contributed by atoms with Gasteiger partial charge in [0.05, 0.1) is 19.1 Å². The maximum atomic E-state index is 13.1. The van der Waals surface area contributed by atoms with Gasteiger partial charge in [-0.05, 0) is 23.8 Å². The largest absolute Gasteiger partial charge is 0.497 e. The molecule has 2 aromatic carbocycles. The zero-order valence-electron chi connectivity index (χ0n) is 16.8. The van der Waals surface area contributed by atoms with E-state index in [9.17, 15) is 9.59 Å². The van der Waals surface area contributed by atoms with E-state index in [4.69, 9.17) is 4.74 Å². The summed E-state index contributed by atoms with van der Waals surface area (Å²) in [6.07, 6.45) is 2.26. The van der Waals surface area contributed by atoms with Crippen LogP contribution in [0.2, 0.25) is 0 Å². The standard InChI is InChI=1S/C23H25N3O3/c1-24-16-20(19-5-3-4-6-21(19)24)23(28)26-13-11-25(12-14-26)22(27)15-17-7-9-18(29-2)10-8-17/h3-10,16H,11-15H2,1-2H3. The number of rotatable bonds is 4. The second-order valence-electron chi connectivity index (χ2n) is 7.37. The fourth-order valence-corrected chi connectivity index (χ4v) is 3.87. The number of carbonyl (C=O) groups is 2. The molecule has 0 saturated carbocycles. The third-order valence-electron chi connectivity index (χ3n) is 5.56. The van der Waals surface area contributed by atoms with Gasteiger partial charge in [-0.25, -0.2) is 0 Å². The molecule has 150 valence electrons. The van der Waals surface area contributed by atoms with Crippen LogP contribution in [-0.4, -0.2) is 59.5 Å². The molecular formula is C23H25N3O3. The molecule has 0 unspecified atom stereocenters. The number of benzene rings is 2. The number of piperazine rings is 1. The molecule has 2 heterocycles. The van der Waals surface area contributed by atoms with Crippen LogP contribution in [0.15, 0.2) is 54.7 Å². The van der Waals surface area contributed by atoms with Crippen LogP contribution in [0.1, 0.15) is 15.9 Å². The van der Waals surface area contributed by atoms with Gasteiger partial charge >= 0.3 is 0 Å². The molecule has 0 radical (unpaired) electrons. The summed E-state index contributed by atoms with van der Waals surface area (Å²) in [5.41, 5.74) is 2.73. The molecule has 0 atom stereocenters. The molecule has 2 amide bonds. The molecule has 6 heteroatoms. The van der Waals surface area contributed by atoms with Crippen molar-refractivity contribution in [2.24, 2.45) is 7.05 Å². The van der Waals surface area contributed by atoms with Gasteiger partial charge < -0.3 is 19.1 Å². The number of ether oxygens (including phenoxy) is 1. The second-order valence-corrected chi connectivity index (χ2v) is 7.37. The third kappa shape index (κ3) is 3.83. The van der Waals surface area contributed by atoms with Crippen LogP contribution in [0.25, 0.3) is 10.9 Å². The van der Waals surface area contributed by atoms with Gasteiger partial charge in [0, 0.05) is 50.3 Å². The van der Waals surface area contributed by atoms with Crippen LogP contribution >= 0.6 is 0 Å². The second kappa shape index (κ2) is 7.99. The first-order chi connectivity index (χ1) is 14.1. The highest BCUT2D eigenvalue weighted by molar-refractivity contribution is 6.07. The van der Waals surface area contributed by atoms with Crippen LogP contribution in [0.3, 0.4) is 0 Å². The topological polar surface area (TPSA) is 54.8 Å². The first-order valence-electron chi connectivity index (χ1n) is 9.81. The molecule has 0 N–H and O–H groups in total. The maximum Gasteiger partial charge on any atom is 0.256 e. The fourth-order valence-electron chi connectivity index (χ4n) is 3.87. The van der Waals surface area contributed by atoms with Crippen LogP contribution in [0.4, 0.5) is 0 Å². The van der Waals surface area contributed by atoms with Gasteiger partial charge in [0.25, 0.3) is 5.91 Å². The molecule has 1 saturated heterocycles. The number of methoxy groups -OCH3 is 1. The van der Waals surface area contributed by atoms with Gasteiger partial charge in [0.15, 0.2) is 0 Å². The van der Waals surface area contributed by atoms with Crippen molar-refractivity contribution < 1.29 is 14.3 Å². The SMILES string of the molecule is COc1ccc(CC(=O)N2CCN(C(=O)c3cn(C)c4ccccc34)CC2)cc1. The molecule has 1 fully saturated rings. The predicted octanol–water partition coefficient (Wildman–Crippen LogP) is 2.71. The highest BCUT2D eigenvalue weighted by Crippen LogP contribution is 2.22. The summed E-state index contributed by atoms with van der Waals surface area (Å²) in [6, 6.07) is 15.5. The molecule has 4 rings (SSSR count). The summed E-state index contributed by atoms with van der Waals surface area (Å²) < 4.78 is 7.14. The zero-order chi connectivity index (χ0) is 20.4. The van der Waals surface area contributed by atoms with E-state index in [1.807, 2.05) is 76.1 Å². The van der Waals surface area contributed by atoms with Crippen molar-refractivity contribution in [3.8, 4) is 5.75 Å². The maximum absolute atomic E-state index is 13.1. The molecule has 1 aromatic heterocycles. The number of aromatic nitrogens is 1. The van der Waals surface area contributed by atoms with Gasteiger partial charge in [-0.2, -0.15) is 0 Å². The van der Waals surface area contributed by atoms with E-state index < -0.39 is 0 Å².